The van der Waals surface area contributed by atoms with Gasteiger partial charge < -0.3 is 29.8 Å². The van der Waals surface area contributed by atoms with Crippen LogP contribution in [0.15, 0.2) is 42.5 Å². The molecular formula is C31H39FN6O5. The Kier molecular flexibility index (Phi) is 10.8. The number of para-hydroxylation sites is 1. The van der Waals surface area contributed by atoms with Crippen LogP contribution in [0.2, 0.25) is 0 Å². The molecule has 2 aromatic heterocycles. The molecule has 4 rings (SSSR count). The van der Waals surface area contributed by atoms with Gasteiger partial charge in [0.25, 0.3) is 0 Å². The van der Waals surface area contributed by atoms with Gasteiger partial charge >= 0.3 is 5.97 Å². The number of pyridine rings is 1. The van der Waals surface area contributed by atoms with Gasteiger partial charge in [-0.2, -0.15) is 0 Å². The number of amides is 1. The maximum atomic E-state index is 15.3. The topological polar surface area (TPSA) is 136 Å². The van der Waals surface area contributed by atoms with Crippen LogP contribution in [0.1, 0.15) is 31.7 Å². The van der Waals surface area contributed by atoms with Crippen LogP contribution in [-0.2, 0) is 33.8 Å². The highest BCUT2D eigenvalue weighted by Crippen LogP contribution is 2.29. The molecule has 230 valence electrons. The van der Waals surface area contributed by atoms with Gasteiger partial charge in [-0.25, -0.2) is 19.2 Å². The van der Waals surface area contributed by atoms with Crippen molar-refractivity contribution in [1.82, 2.24) is 24.3 Å². The zero-order valence-electron chi connectivity index (χ0n) is 24.9. The van der Waals surface area contributed by atoms with E-state index in [-0.39, 0.29) is 30.3 Å². The van der Waals surface area contributed by atoms with Gasteiger partial charge in [0.05, 0.1) is 24.2 Å². The lowest BCUT2D eigenvalue weighted by atomic mass is 10.1. The third-order valence-electron chi connectivity index (χ3n) is 7.39. The molecule has 0 saturated heterocycles. The van der Waals surface area contributed by atoms with E-state index in [1.165, 1.54) is 6.07 Å². The molecule has 43 heavy (non-hydrogen) atoms. The predicted octanol–water partition coefficient (Wildman–Crippen LogP) is 3.72. The van der Waals surface area contributed by atoms with Gasteiger partial charge in [0, 0.05) is 44.1 Å². The maximum absolute atomic E-state index is 15.3. The van der Waals surface area contributed by atoms with Crippen molar-refractivity contribution in [2.75, 3.05) is 52.2 Å². The molecular weight excluding hydrogens is 555 g/mol. The fraction of sp³-hybridized carbons (Fsp3) is 0.419. The fourth-order valence-electron chi connectivity index (χ4n) is 5.12. The number of likely N-dealkylation sites (N-methyl/N-ethyl adjacent to an activating group) is 1. The Morgan fingerprint density at radius 1 is 1.09 bits per heavy atom. The molecule has 0 aliphatic heterocycles. The van der Waals surface area contributed by atoms with E-state index in [0.29, 0.717) is 57.0 Å². The van der Waals surface area contributed by atoms with Gasteiger partial charge in [-0.05, 0) is 31.6 Å². The zero-order chi connectivity index (χ0) is 30.9. The Labute approximate surface area is 250 Å². The monoisotopic (exact) mass is 594 g/mol. The van der Waals surface area contributed by atoms with Crippen molar-refractivity contribution in [2.24, 2.45) is 0 Å². The number of aliphatic carboxylic acids is 1. The zero-order valence-corrected chi connectivity index (χ0v) is 24.9. The van der Waals surface area contributed by atoms with Gasteiger partial charge in [0.2, 0.25) is 5.91 Å². The van der Waals surface area contributed by atoms with E-state index >= 15 is 4.39 Å². The number of aromatic nitrogens is 3. The molecule has 3 N–H and O–H groups in total. The minimum Gasteiger partial charge on any atom is -0.479 e. The number of aryl methyl sites for hydroxylation is 1. The van der Waals surface area contributed by atoms with E-state index in [0.717, 1.165) is 22.2 Å². The number of methoxy groups -OCH3 is 1. The summed E-state index contributed by atoms with van der Waals surface area (Å²) in [5.41, 5.74) is 8.83. The number of halogens is 1. The molecule has 2 aromatic carbocycles. The summed E-state index contributed by atoms with van der Waals surface area (Å²) in [4.78, 5) is 37.4. The molecule has 12 heteroatoms. The SMILES string of the molecule is CCN(CC)CC(=O)N(CCCn1c(CCOC)nc2c(N)nc3ccccc3c21)Cc1cccc(OCC(=O)O)c1F. The second-order valence-electron chi connectivity index (χ2n) is 10.2. The normalized spacial score (nSPS) is 11.5. The molecule has 0 aliphatic carbocycles. The van der Waals surface area contributed by atoms with Crippen molar-refractivity contribution in [3.63, 3.8) is 0 Å². The van der Waals surface area contributed by atoms with E-state index < -0.39 is 18.4 Å². The summed E-state index contributed by atoms with van der Waals surface area (Å²) in [6.07, 6.45) is 1.13. The van der Waals surface area contributed by atoms with Gasteiger partial charge in [-0.15, -0.1) is 0 Å². The van der Waals surface area contributed by atoms with Crippen LogP contribution in [0.5, 0.6) is 5.75 Å². The molecule has 0 fully saturated rings. The van der Waals surface area contributed by atoms with Crippen molar-refractivity contribution in [3.05, 3.63) is 59.7 Å². The van der Waals surface area contributed by atoms with Crippen molar-refractivity contribution in [1.29, 1.82) is 0 Å². The third-order valence-corrected chi connectivity index (χ3v) is 7.39. The largest absolute Gasteiger partial charge is 0.479 e. The van der Waals surface area contributed by atoms with Gasteiger partial charge in [0.15, 0.2) is 24.0 Å². The Hall–Kier alpha value is -4.29. The Bertz CT molecular complexity index is 1570. The van der Waals surface area contributed by atoms with Gasteiger partial charge in [-0.3, -0.25) is 9.69 Å². The molecule has 0 bridgehead atoms. The van der Waals surface area contributed by atoms with Crippen LogP contribution in [0.25, 0.3) is 21.9 Å². The first-order valence-corrected chi connectivity index (χ1v) is 14.4. The highest BCUT2D eigenvalue weighted by molar-refractivity contribution is 6.06. The minimum absolute atomic E-state index is 0.0111. The van der Waals surface area contributed by atoms with Gasteiger partial charge in [-0.1, -0.05) is 44.2 Å². The summed E-state index contributed by atoms with van der Waals surface area (Å²) in [6.45, 7) is 6.28. The lowest BCUT2D eigenvalue weighted by Crippen LogP contribution is -2.40. The van der Waals surface area contributed by atoms with E-state index in [2.05, 4.69) is 9.55 Å². The maximum Gasteiger partial charge on any atom is 0.341 e. The number of nitrogens with two attached hydrogens (primary N) is 1. The number of carbonyl (C=O) groups excluding carboxylic acids is 1. The molecule has 0 aliphatic rings. The van der Waals surface area contributed by atoms with Crippen LogP contribution >= 0.6 is 0 Å². The molecule has 11 nitrogen and oxygen atoms in total. The first-order valence-electron chi connectivity index (χ1n) is 14.4. The second-order valence-corrected chi connectivity index (χ2v) is 10.2. The van der Waals surface area contributed by atoms with Crippen LogP contribution in [0, 0.1) is 5.82 Å². The molecule has 4 aromatic rings. The number of carbonyl (C=O) groups is 2. The molecule has 0 unspecified atom stereocenters. The van der Waals surface area contributed by atoms with E-state index in [4.69, 9.17) is 25.3 Å². The number of rotatable bonds is 16. The number of fused-ring (bicyclic) bond motifs is 3. The quantitative estimate of drug-likeness (QED) is 0.199. The number of hydrogen-bond donors (Lipinski definition) is 2. The standard InChI is InChI=1S/C31H39FN6O5/c1-4-36(5-2)19-26(39)37(18-21-10-8-13-24(28(21)32)43-20-27(40)41)15-9-16-38-25(14-17-42-3)35-29-30(38)22-11-6-7-12-23(22)34-31(29)33/h6-8,10-13H,4-5,9,14-20H2,1-3H3,(H2,33,34)(H,40,41). The predicted molar refractivity (Wildman–Crippen MR) is 162 cm³/mol. The highest BCUT2D eigenvalue weighted by atomic mass is 19.1. The first kappa shape index (κ1) is 31.6. The number of carboxylic acid groups (broad SMARTS) is 1. The molecule has 0 atom stereocenters. The number of imidazole rings is 1. The number of nitrogen functional groups attached to an aromatic ring is 1. The number of benzene rings is 2. The minimum atomic E-state index is -1.21. The summed E-state index contributed by atoms with van der Waals surface area (Å²) in [7, 11) is 1.64. The first-order chi connectivity index (χ1) is 20.8. The average molecular weight is 595 g/mol. The van der Waals surface area contributed by atoms with Crippen LogP contribution in [0.3, 0.4) is 0 Å². The van der Waals surface area contributed by atoms with Crippen molar-refractivity contribution in [3.8, 4) is 5.75 Å². The summed E-state index contributed by atoms with van der Waals surface area (Å²) >= 11 is 0. The van der Waals surface area contributed by atoms with E-state index in [1.54, 1.807) is 24.1 Å². The van der Waals surface area contributed by atoms with Crippen molar-refractivity contribution in [2.45, 2.75) is 39.8 Å². The molecule has 0 saturated carbocycles. The van der Waals surface area contributed by atoms with Crippen LogP contribution in [-0.4, -0.2) is 87.8 Å². The van der Waals surface area contributed by atoms with Crippen molar-refractivity contribution >= 4 is 39.6 Å². The van der Waals surface area contributed by atoms with Crippen LogP contribution in [0.4, 0.5) is 10.2 Å². The smallest absolute Gasteiger partial charge is 0.341 e. The second kappa shape index (κ2) is 14.7. The Morgan fingerprint density at radius 2 is 1.86 bits per heavy atom. The number of anilines is 1. The summed E-state index contributed by atoms with van der Waals surface area (Å²) in [5, 5.41) is 9.87. The van der Waals surface area contributed by atoms with E-state index in [1.807, 2.05) is 43.0 Å². The Morgan fingerprint density at radius 3 is 2.58 bits per heavy atom. The number of carboxylic acids is 1. The summed E-state index contributed by atoms with van der Waals surface area (Å²) in [5.74, 6) is -1.03. The molecule has 1 amide bonds. The fourth-order valence-corrected chi connectivity index (χ4v) is 5.12. The molecule has 2 heterocycles. The lowest BCUT2D eigenvalue weighted by Gasteiger charge is -2.27. The van der Waals surface area contributed by atoms with E-state index in [9.17, 15) is 9.59 Å². The lowest BCUT2D eigenvalue weighted by molar-refractivity contribution is -0.139. The Balaban J connectivity index is 1.62. The number of hydrogen-bond acceptors (Lipinski definition) is 8. The molecule has 0 spiro atoms. The number of ether oxygens (including phenoxy) is 2. The van der Waals surface area contributed by atoms with Gasteiger partial charge in [0.1, 0.15) is 11.3 Å². The van der Waals surface area contributed by atoms with Crippen molar-refractivity contribution < 1.29 is 28.6 Å². The third kappa shape index (κ3) is 7.57. The average Bonchev–Trinajstić information content (AvgIpc) is 3.37. The summed E-state index contributed by atoms with van der Waals surface area (Å²) in [6, 6.07) is 12.3. The highest BCUT2D eigenvalue weighted by Gasteiger charge is 2.21. The van der Waals surface area contributed by atoms with Crippen LogP contribution < -0.4 is 10.5 Å². The number of nitrogens with zero attached hydrogens (tertiary/aromatic N) is 5. The summed E-state index contributed by atoms with van der Waals surface area (Å²) < 4.78 is 27.9. The molecule has 0 radical (unpaired) electrons.